The van der Waals surface area contributed by atoms with Gasteiger partial charge in [-0.3, -0.25) is 9.59 Å². The summed E-state index contributed by atoms with van der Waals surface area (Å²) >= 11 is 0. The Morgan fingerprint density at radius 2 is 1.71 bits per heavy atom. The summed E-state index contributed by atoms with van der Waals surface area (Å²) in [4.78, 5) is 31.9. The number of piperidine rings is 1. The molecular formula is C30H36F3N3O2. The van der Waals surface area contributed by atoms with Gasteiger partial charge in [0.25, 0.3) is 0 Å². The Morgan fingerprint density at radius 1 is 1.05 bits per heavy atom. The van der Waals surface area contributed by atoms with Crippen molar-refractivity contribution in [1.82, 2.24) is 4.90 Å². The molecule has 0 spiro atoms. The molecule has 8 heteroatoms. The van der Waals surface area contributed by atoms with Crippen LogP contribution in [0.5, 0.6) is 0 Å². The molecule has 1 aliphatic carbocycles. The molecule has 5 nitrogen and oxygen atoms in total. The molecule has 0 bridgehead atoms. The molecule has 0 radical (unpaired) electrons. The highest BCUT2D eigenvalue weighted by atomic mass is 19.4. The largest absolute Gasteiger partial charge is 0.416 e. The molecule has 2 aliphatic heterocycles. The first-order chi connectivity index (χ1) is 18.0. The summed E-state index contributed by atoms with van der Waals surface area (Å²) in [6.45, 7) is 7.96. The molecule has 1 saturated carbocycles. The van der Waals surface area contributed by atoms with E-state index in [1.54, 1.807) is 17.9 Å². The number of carbonyl (C=O) groups excluding carboxylic acids is 2. The van der Waals surface area contributed by atoms with E-state index in [1.165, 1.54) is 6.07 Å². The van der Waals surface area contributed by atoms with E-state index in [9.17, 15) is 22.8 Å². The second kappa shape index (κ2) is 10.0. The van der Waals surface area contributed by atoms with Gasteiger partial charge in [-0.05, 0) is 93.4 Å². The second-order valence-electron chi connectivity index (χ2n) is 11.4. The Hall–Kier alpha value is -2.87. The van der Waals surface area contributed by atoms with Crippen LogP contribution in [0, 0.1) is 25.2 Å². The maximum absolute atomic E-state index is 14.2. The Balaban J connectivity index is 1.52. The van der Waals surface area contributed by atoms with E-state index in [2.05, 4.69) is 10.2 Å². The Bertz CT molecular complexity index is 1210. The number of hydrogen-bond acceptors (Lipinski definition) is 3. The van der Waals surface area contributed by atoms with Crippen LogP contribution < -0.4 is 10.2 Å². The van der Waals surface area contributed by atoms with Crippen molar-refractivity contribution < 1.29 is 22.8 Å². The number of rotatable bonds is 6. The second-order valence-corrected chi connectivity index (χ2v) is 11.4. The summed E-state index contributed by atoms with van der Waals surface area (Å²) < 4.78 is 41.1. The van der Waals surface area contributed by atoms with Gasteiger partial charge in [-0.1, -0.05) is 31.5 Å². The van der Waals surface area contributed by atoms with E-state index >= 15 is 0 Å². The quantitative estimate of drug-likeness (QED) is 0.480. The highest BCUT2D eigenvalue weighted by molar-refractivity contribution is 6.08. The lowest BCUT2D eigenvalue weighted by Crippen LogP contribution is -2.51. The van der Waals surface area contributed by atoms with Crippen molar-refractivity contribution in [2.45, 2.75) is 65.0 Å². The van der Waals surface area contributed by atoms with Crippen molar-refractivity contribution in [3.05, 3.63) is 58.7 Å². The molecule has 5 rings (SSSR count). The number of amides is 2. The van der Waals surface area contributed by atoms with Gasteiger partial charge < -0.3 is 15.1 Å². The van der Waals surface area contributed by atoms with E-state index in [0.29, 0.717) is 12.1 Å². The van der Waals surface area contributed by atoms with Crippen LogP contribution >= 0.6 is 0 Å². The van der Waals surface area contributed by atoms with Crippen molar-refractivity contribution in [3.63, 3.8) is 0 Å². The topological polar surface area (TPSA) is 52.6 Å². The molecule has 1 N–H and O–H groups in total. The molecule has 0 aromatic heterocycles. The SMILES string of the molecule is Cc1cccc(C)c1N1CC(CN2CCCCC2)(C(=O)Nc2cc(C3CC3)cc(C(F)(F)F)c2)C(C)C1=O. The number of nitrogens with zero attached hydrogens (tertiary/aromatic N) is 2. The summed E-state index contributed by atoms with van der Waals surface area (Å²) in [5.74, 6) is -1.05. The smallest absolute Gasteiger partial charge is 0.325 e. The van der Waals surface area contributed by atoms with Crippen molar-refractivity contribution in [2.75, 3.05) is 36.4 Å². The summed E-state index contributed by atoms with van der Waals surface area (Å²) in [6, 6.07) is 9.73. The normalized spacial score (nSPS) is 24.6. The third kappa shape index (κ3) is 5.07. The first kappa shape index (κ1) is 26.7. The number of halogens is 3. The van der Waals surface area contributed by atoms with Gasteiger partial charge in [0.1, 0.15) is 0 Å². The average molecular weight is 528 g/mol. The lowest BCUT2D eigenvalue weighted by atomic mass is 9.76. The number of carbonyl (C=O) groups is 2. The minimum Gasteiger partial charge on any atom is -0.325 e. The zero-order valence-corrected chi connectivity index (χ0v) is 22.3. The van der Waals surface area contributed by atoms with E-state index < -0.39 is 29.0 Å². The maximum Gasteiger partial charge on any atom is 0.416 e. The number of likely N-dealkylation sites (tertiary alicyclic amines) is 1. The fraction of sp³-hybridized carbons (Fsp3) is 0.533. The molecule has 2 amide bonds. The van der Waals surface area contributed by atoms with Gasteiger partial charge in [-0.25, -0.2) is 0 Å². The van der Waals surface area contributed by atoms with Gasteiger partial charge >= 0.3 is 6.18 Å². The van der Waals surface area contributed by atoms with E-state index in [4.69, 9.17) is 0 Å². The van der Waals surface area contributed by atoms with Gasteiger partial charge in [0, 0.05) is 24.5 Å². The molecule has 38 heavy (non-hydrogen) atoms. The number of benzene rings is 2. The Labute approximate surface area is 222 Å². The Morgan fingerprint density at radius 3 is 2.32 bits per heavy atom. The molecule has 2 atom stereocenters. The van der Waals surface area contributed by atoms with Crippen molar-refractivity contribution in [1.29, 1.82) is 0 Å². The zero-order valence-electron chi connectivity index (χ0n) is 22.3. The third-order valence-electron chi connectivity index (χ3n) is 8.61. The predicted octanol–water partition coefficient (Wildman–Crippen LogP) is 6.29. The standard InChI is InChI=1S/C30H36F3N3O2/c1-19-8-7-9-20(2)26(19)36-18-29(21(3)27(36)37,17-35-12-5-4-6-13-35)28(38)34-25-15-23(22-10-11-22)14-24(16-25)30(31,32)33/h7-9,14-16,21-22H,4-6,10-13,17-18H2,1-3H3,(H,34,38). The van der Waals surface area contributed by atoms with Crippen LogP contribution in [0.2, 0.25) is 0 Å². The van der Waals surface area contributed by atoms with Crippen LogP contribution in [0.3, 0.4) is 0 Å². The molecule has 3 aliphatic rings. The zero-order chi connectivity index (χ0) is 27.2. The number of alkyl halides is 3. The van der Waals surface area contributed by atoms with Gasteiger partial charge in [0.15, 0.2) is 0 Å². The summed E-state index contributed by atoms with van der Waals surface area (Å²) in [5.41, 5.74) is 1.61. The number of para-hydroxylation sites is 1. The van der Waals surface area contributed by atoms with Crippen LogP contribution in [-0.4, -0.2) is 42.9 Å². The van der Waals surface area contributed by atoms with Crippen molar-refractivity contribution in [2.24, 2.45) is 11.3 Å². The van der Waals surface area contributed by atoms with Gasteiger partial charge in [0.2, 0.25) is 11.8 Å². The molecule has 3 fully saturated rings. The molecular weight excluding hydrogens is 491 g/mol. The summed E-state index contributed by atoms with van der Waals surface area (Å²) in [7, 11) is 0. The minimum atomic E-state index is -4.51. The molecule has 2 heterocycles. The monoisotopic (exact) mass is 527 g/mol. The molecule has 2 saturated heterocycles. The first-order valence-electron chi connectivity index (χ1n) is 13.6. The van der Waals surface area contributed by atoms with Gasteiger partial charge in [0.05, 0.1) is 16.9 Å². The molecule has 2 aromatic rings. The van der Waals surface area contributed by atoms with Crippen LogP contribution in [0.15, 0.2) is 36.4 Å². The predicted molar refractivity (Wildman–Crippen MR) is 142 cm³/mol. The molecule has 2 aromatic carbocycles. The highest BCUT2D eigenvalue weighted by Gasteiger charge is 2.56. The third-order valence-corrected chi connectivity index (χ3v) is 8.61. The fourth-order valence-electron chi connectivity index (χ4n) is 6.23. The van der Waals surface area contributed by atoms with E-state index in [-0.39, 0.29) is 24.1 Å². The van der Waals surface area contributed by atoms with E-state index in [1.807, 2.05) is 32.0 Å². The van der Waals surface area contributed by atoms with E-state index in [0.717, 1.165) is 68.1 Å². The number of hydrogen-bond donors (Lipinski definition) is 1. The van der Waals surface area contributed by atoms with Crippen LogP contribution in [0.1, 0.15) is 67.2 Å². The number of anilines is 2. The minimum absolute atomic E-state index is 0.0989. The lowest BCUT2D eigenvalue weighted by molar-refractivity contribution is -0.137. The first-order valence-corrected chi connectivity index (χ1v) is 13.6. The van der Waals surface area contributed by atoms with Crippen LogP contribution in [0.25, 0.3) is 0 Å². The lowest BCUT2D eigenvalue weighted by Gasteiger charge is -2.38. The number of aryl methyl sites for hydroxylation is 2. The molecule has 204 valence electrons. The number of nitrogens with one attached hydrogen (secondary N) is 1. The van der Waals surface area contributed by atoms with Gasteiger partial charge in [-0.2, -0.15) is 13.2 Å². The summed E-state index contributed by atoms with van der Waals surface area (Å²) in [6.07, 6.45) is 0.379. The molecule has 2 unspecified atom stereocenters. The summed E-state index contributed by atoms with van der Waals surface area (Å²) in [5, 5.41) is 2.86. The van der Waals surface area contributed by atoms with Crippen LogP contribution in [0.4, 0.5) is 24.5 Å². The van der Waals surface area contributed by atoms with Gasteiger partial charge in [-0.15, -0.1) is 0 Å². The Kier molecular flexibility index (Phi) is 7.05. The van der Waals surface area contributed by atoms with Crippen molar-refractivity contribution >= 4 is 23.2 Å². The maximum atomic E-state index is 14.2. The fourth-order valence-corrected chi connectivity index (χ4v) is 6.23. The van der Waals surface area contributed by atoms with Crippen molar-refractivity contribution in [3.8, 4) is 0 Å². The average Bonchev–Trinajstić information content (AvgIpc) is 3.69. The van der Waals surface area contributed by atoms with Crippen LogP contribution in [-0.2, 0) is 15.8 Å². The highest BCUT2D eigenvalue weighted by Crippen LogP contribution is 2.45.